The van der Waals surface area contributed by atoms with Crippen molar-refractivity contribution in [2.45, 2.75) is 32.2 Å². The average molecular weight is 171 g/mol. The molecule has 0 amide bonds. The predicted molar refractivity (Wildman–Crippen MR) is 48.2 cm³/mol. The van der Waals surface area contributed by atoms with Crippen LogP contribution in [0.4, 0.5) is 0 Å². The Balaban J connectivity index is 1.89. The minimum atomic E-state index is 0.320. The standard InChI is InChI=1S/C8H17N3O/c1-6-5-7(6)10-4-2-3-8(9)11-12/h6-7,10,12H,2-5H2,1H3,(H2,9,11). The maximum absolute atomic E-state index is 8.24. The van der Waals surface area contributed by atoms with E-state index in [1.54, 1.807) is 0 Å². The summed E-state index contributed by atoms with van der Waals surface area (Å²) >= 11 is 0. The van der Waals surface area contributed by atoms with E-state index in [4.69, 9.17) is 10.9 Å². The molecule has 4 heteroatoms. The second kappa shape index (κ2) is 4.30. The summed E-state index contributed by atoms with van der Waals surface area (Å²) in [4.78, 5) is 0. The summed E-state index contributed by atoms with van der Waals surface area (Å²) in [6.07, 6.45) is 2.91. The van der Waals surface area contributed by atoms with Gasteiger partial charge in [0.1, 0.15) is 5.84 Å². The van der Waals surface area contributed by atoms with Gasteiger partial charge in [-0.3, -0.25) is 0 Å². The third kappa shape index (κ3) is 3.09. The Kier molecular flexibility index (Phi) is 3.34. The number of nitrogens with one attached hydrogen (secondary N) is 1. The zero-order valence-corrected chi connectivity index (χ0v) is 7.45. The number of amidine groups is 1. The lowest BCUT2D eigenvalue weighted by Crippen LogP contribution is -2.21. The second-order valence-electron chi connectivity index (χ2n) is 3.47. The molecule has 0 heterocycles. The molecule has 2 atom stereocenters. The number of hydrogen-bond acceptors (Lipinski definition) is 3. The van der Waals surface area contributed by atoms with E-state index in [1.165, 1.54) is 6.42 Å². The van der Waals surface area contributed by atoms with Gasteiger partial charge in [-0.05, 0) is 25.3 Å². The van der Waals surface area contributed by atoms with Crippen LogP contribution in [0.1, 0.15) is 26.2 Å². The molecule has 1 fully saturated rings. The molecule has 1 aliphatic rings. The normalized spacial score (nSPS) is 28.9. The first-order chi connectivity index (χ1) is 5.74. The maximum Gasteiger partial charge on any atom is 0.139 e. The lowest BCUT2D eigenvalue weighted by atomic mass is 10.3. The van der Waals surface area contributed by atoms with Gasteiger partial charge in [0.15, 0.2) is 0 Å². The van der Waals surface area contributed by atoms with Crippen LogP contribution in [0.25, 0.3) is 0 Å². The third-order valence-corrected chi connectivity index (χ3v) is 2.25. The Hall–Kier alpha value is -0.770. The molecular formula is C8H17N3O. The predicted octanol–water partition coefficient (Wildman–Crippen LogP) is 0.511. The van der Waals surface area contributed by atoms with Crippen LogP contribution in [0.15, 0.2) is 5.16 Å². The average Bonchev–Trinajstić information content (AvgIpc) is 2.75. The van der Waals surface area contributed by atoms with Gasteiger partial charge in [-0.1, -0.05) is 12.1 Å². The van der Waals surface area contributed by atoms with Crippen molar-refractivity contribution in [2.24, 2.45) is 16.8 Å². The van der Waals surface area contributed by atoms with E-state index in [-0.39, 0.29) is 0 Å². The molecule has 70 valence electrons. The van der Waals surface area contributed by atoms with Crippen LogP contribution in [-0.2, 0) is 0 Å². The van der Waals surface area contributed by atoms with Crippen LogP contribution in [0.3, 0.4) is 0 Å². The molecule has 4 N–H and O–H groups in total. The fraction of sp³-hybridized carbons (Fsp3) is 0.875. The molecule has 0 aromatic carbocycles. The molecule has 0 aromatic heterocycles. The molecule has 0 spiro atoms. The first-order valence-electron chi connectivity index (χ1n) is 4.44. The number of oxime groups is 1. The van der Waals surface area contributed by atoms with Crippen LogP contribution in [-0.4, -0.2) is 23.6 Å². The Morgan fingerprint density at radius 3 is 2.92 bits per heavy atom. The van der Waals surface area contributed by atoms with Crippen LogP contribution in [0.2, 0.25) is 0 Å². The molecule has 12 heavy (non-hydrogen) atoms. The van der Waals surface area contributed by atoms with Crippen molar-refractivity contribution in [1.29, 1.82) is 0 Å². The topological polar surface area (TPSA) is 70.6 Å². The van der Waals surface area contributed by atoms with Crippen molar-refractivity contribution in [2.75, 3.05) is 6.54 Å². The van der Waals surface area contributed by atoms with E-state index in [0.717, 1.165) is 24.9 Å². The molecule has 0 bridgehead atoms. The maximum atomic E-state index is 8.24. The molecule has 1 saturated carbocycles. The van der Waals surface area contributed by atoms with Gasteiger partial charge in [0.2, 0.25) is 0 Å². The highest BCUT2D eigenvalue weighted by atomic mass is 16.4. The highest BCUT2D eigenvalue weighted by Crippen LogP contribution is 2.28. The zero-order valence-electron chi connectivity index (χ0n) is 7.45. The molecule has 4 nitrogen and oxygen atoms in total. The van der Waals surface area contributed by atoms with Gasteiger partial charge in [-0.2, -0.15) is 0 Å². The Morgan fingerprint density at radius 2 is 2.42 bits per heavy atom. The van der Waals surface area contributed by atoms with Crippen LogP contribution in [0, 0.1) is 5.92 Å². The Labute approximate surface area is 72.8 Å². The molecule has 1 aliphatic carbocycles. The van der Waals surface area contributed by atoms with Crippen LogP contribution >= 0.6 is 0 Å². The smallest absolute Gasteiger partial charge is 0.139 e. The van der Waals surface area contributed by atoms with Gasteiger partial charge in [0, 0.05) is 12.5 Å². The largest absolute Gasteiger partial charge is 0.409 e. The summed E-state index contributed by atoms with van der Waals surface area (Å²) in [6.45, 7) is 3.20. The quantitative estimate of drug-likeness (QED) is 0.185. The molecule has 0 aromatic rings. The lowest BCUT2D eigenvalue weighted by Gasteiger charge is -2.01. The van der Waals surface area contributed by atoms with E-state index in [1.807, 2.05) is 0 Å². The van der Waals surface area contributed by atoms with Crippen LogP contribution in [0.5, 0.6) is 0 Å². The minimum absolute atomic E-state index is 0.320. The first-order valence-corrected chi connectivity index (χ1v) is 4.44. The van der Waals surface area contributed by atoms with E-state index in [0.29, 0.717) is 12.3 Å². The minimum Gasteiger partial charge on any atom is -0.409 e. The van der Waals surface area contributed by atoms with Gasteiger partial charge < -0.3 is 16.3 Å². The number of nitrogens with two attached hydrogens (primary N) is 1. The van der Waals surface area contributed by atoms with Gasteiger partial charge in [0.05, 0.1) is 0 Å². The molecule has 0 radical (unpaired) electrons. The molecule has 1 rings (SSSR count). The van der Waals surface area contributed by atoms with Crippen molar-refractivity contribution >= 4 is 5.84 Å². The molecular weight excluding hydrogens is 154 g/mol. The zero-order chi connectivity index (χ0) is 8.97. The van der Waals surface area contributed by atoms with E-state index in [9.17, 15) is 0 Å². The van der Waals surface area contributed by atoms with Crippen LogP contribution < -0.4 is 11.1 Å². The number of nitrogens with zero attached hydrogens (tertiary/aromatic N) is 1. The van der Waals surface area contributed by atoms with E-state index < -0.39 is 0 Å². The first kappa shape index (κ1) is 9.32. The van der Waals surface area contributed by atoms with Gasteiger partial charge in [-0.25, -0.2) is 0 Å². The summed E-state index contributed by atoms with van der Waals surface area (Å²) in [6, 6.07) is 0.720. The summed E-state index contributed by atoms with van der Waals surface area (Å²) < 4.78 is 0. The van der Waals surface area contributed by atoms with E-state index >= 15 is 0 Å². The van der Waals surface area contributed by atoms with E-state index in [2.05, 4.69) is 17.4 Å². The molecule has 0 aliphatic heterocycles. The highest BCUT2D eigenvalue weighted by molar-refractivity contribution is 5.79. The second-order valence-corrected chi connectivity index (χ2v) is 3.47. The monoisotopic (exact) mass is 171 g/mol. The fourth-order valence-electron chi connectivity index (χ4n) is 1.21. The van der Waals surface area contributed by atoms with Gasteiger partial charge in [-0.15, -0.1) is 0 Å². The van der Waals surface area contributed by atoms with Crippen molar-refractivity contribution in [3.8, 4) is 0 Å². The van der Waals surface area contributed by atoms with Crippen molar-refractivity contribution in [3.63, 3.8) is 0 Å². The van der Waals surface area contributed by atoms with Crippen molar-refractivity contribution < 1.29 is 5.21 Å². The SMILES string of the molecule is CC1CC1NCCCC(N)=NO. The lowest BCUT2D eigenvalue weighted by molar-refractivity contribution is 0.316. The van der Waals surface area contributed by atoms with Crippen molar-refractivity contribution in [1.82, 2.24) is 5.32 Å². The summed E-state index contributed by atoms with van der Waals surface area (Å²) in [5.74, 6) is 1.16. The highest BCUT2D eigenvalue weighted by Gasteiger charge is 2.31. The van der Waals surface area contributed by atoms with Gasteiger partial charge >= 0.3 is 0 Å². The summed E-state index contributed by atoms with van der Waals surface area (Å²) in [7, 11) is 0. The van der Waals surface area contributed by atoms with Crippen molar-refractivity contribution in [3.05, 3.63) is 0 Å². The summed E-state index contributed by atoms with van der Waals surface area (Å²) in [5, 5.41) is 14.5. The number of rotatable bonds is 5. The molecule has 2 unspecified atom stereocenters. The Morgan fingerprint density at radius 1 is 1.75 bits per heavy atom. The molecule has 0 saturated heterocycles. The summed E-state index contributed by atoms with van der Waals surface area (Å²) in [5.41, 5.74) is 5.30. The number of hydrogen-bond donors (Lipinski definition) is 3. The van der Waals surface area contributed by atoms with Gasteiger partial charge in [0.25, 0.3) is 0 Å². The third-order valence-electron chi connectivity index (χ3n) is 2.25. The Bertz CT molecular complexity index is 170. The fourth-order valence-corrected chi connectivity index (χ4v) is 1.21.